The lowest BCUT2D eigenvalue weighted by Gasteiger charge is -1.94. The van der Waals surface area contributed by atoms with E-state index in [4.69, 9.17) is 10.4 Å². The van der Waals surface area contributed by atoms with Gasteiger partial charge >= 0.3 is 0 Å². The third-order valence-electron chi connectivity index (χ3n) is 3.74. The van der Waals surface area contributed by atoms with E-state index in [0.717, 1.165) is 44.8 Å². The van der Waals surface area contributed by atoms with E-state index in [1.54, 1.807) is 12.1 Å². The summed E-state index contributed by atoms with van der Waals surface area (Å²) in [6, 6.07) is 19.0. The molecule has 29 heavy (non-hydrogen) atoms. The molecule has 0 saturated carbocycles. The van der Waals surface area contributed by atoms with E-state index in [2.05, 4.69) is 26.2 Å². The Morgan fingerprint density at radius 1 is 0.897 bits per heavy atom. The molecule has 2 heterocycles. The maximum Gasteiger partial charge on any atom is 0.150 e. The van der Waals surface area contributed by atoms with Crippen molar-refractivity contribution in [3.8, 4) is 22.5 Å². The first-order chi connectivity index (χ1) is 14.5. The predicted molar refractivity (Wildman–Crippen MR) is 113 cm³/mol. The number of carbonyl (C=O) groups excluding carboxylic acids is 1. The largest absolute Gasteiger partial charge is 0.361 e. The van der Waals surface area contributed by atoms with E-state index in [9.17, 15) is 9.18 Å². The fourth-order valence-electron chi connectivity index (χ4n) is 2.36. The summed E-state index contributed by atoms with van der Waals surface area (Å²) < 4.78 is 26.5. The zero-order valence-electron chi connectivity index (χ0n) is 16.9. The Kier molecular flexibility index (Phi) is 7.89. The summed E-state index contributed by atoms with van der Waals surface area (Å²) in [5, 5.41) is 7.80. The topological polar surface area (TPSA) is 69.1 Å². The first kappa shape index (κ1) is 20.7. The molecule has 0 aliphatic rings. The first-order valence-corrected chi connectivity index (χ1v) is 9.29. The Morgan fingerprint density at radius 2 is 1.31 bits per heavy atom. The van der Waals surface area contributed by atoms with Gasteiger partial charge in [0, 0.05) is 33.3 Å². The highest BCUT2D eigenvalue weighted by Crippen LogP contribution is 2.21. The third kappa shape index (κ3) is 6.50. The molecular weight excluding hydrogens is 439 g/mol. The van der Waals surface area contributed by atoms with Crippen LogP contribution in [0.1, 0.15) is 23.2 Å². The van der Waals surface area contributed by atoms with E-state index in [-0.39, 0.29) is 0 Å². The smallest absolute Gasteiger partial charge is 0.150 e. The molecule has 0 bridgehead atoms. The summed E-state index contributed by atoms with van der Waals surface area (Å²) in [5.41, 5.74) is 4.35. The van der Waals surface area contributed by atoms with E-state index in [1.165, 1.54) is 0 Å². The van der Waals surface area contributed by atoms with Crippen molar-refractivity contribution in [1.82, 2.24) is 10.3 Å². The van der Waals surface area contributed by atoms with Crippen molar-refractivity contribution < 1.29 is 19.6 Å². The molecule has 0 radical (unpaired) electrons. The van der Waals surface area contributed by atoms with E-state index < -0.39 is 7.15 Å². The first-order valence-electron chi connectivity index (χ1n) is 9.21. The highest BCUT2D eigenvalue weighted by atomic mass is 79.9. The number of aromatic nitrogens is 2. The van der Waals surface area contributed by atoms with Crippen LogP contribution >= 0.6 is 15.9 Å². The Labute approximate surface area is 178 Å². The standard InChI is InChI=1S/C11H9NO2.C10H8BrNO.CH3F/c1-8-6-11(12-14-8)10-4-2-9(7-13)3-5-10;1-7-6-10(12-13-7)8-2-4-9(11)5-3-8;1-2/h2-7H,1H3;2-6H,1H3;1H3/i;;1D. The molecule has 7 heteroatoms. The lowest BCUT2D eigenvalue weighted by molar-refractivity contribution is 0.112. The summed E-state index contributed by atoms with van der Waals surface area (Å²) in [4.78, 5) is 10.4. The lowest BCUT2D eigenvalue weighted by atomic mass is 10.1. The van der Waals surface area contributed by atoms with Gasteiger partial charge < -0.3 is 9.05 Å². The number of benzene rings is 2. The molecule has 0 amide bonds. The molecule has 150 valence electrons. The number of aryl methyl sites for hydroxylation is 2. The fraction of sp³-hybridized carbons (Fsp3) is 0.136. The summed E-state index contributed by atoms with van der Waals surface area (Å²) in [6.07, 6.45) is 0.817. The van der Waals surface area contributed by atoms with Crippen molar-refractivity contribution in [2.75, 3.05) is 7.15 Å². The van der Waals surface area contributed by atoms with Crippen LogP contribution in [0.2, 0.25) is 0 Å². The monoisotopic (exact) mass is 459 g/mol. The highest BCUT2D eigenvalue weighted by Gasteiger charge is 2.03. The molecule has 0 spiro atoms. The average molecular weight is 460 g/mol. The summed E-state index contributed by atoms with van der Waals surface area (Å²) in [5.74, 6) is 1.61. The molecule has 0 saturated heterocycles. The highest BCUT2D eigenvalue weighted by molar-refractivity contribution is 9.10. The van der Waals surface area contributed by atoms with Crippen molar-refractivity contribution in [2.45, 2.75) is 13.8 Å². The van der Waals surface area contributed by atoms with Crippen molar-refractivity contribution in [3.05, 3.63) is 82.2 Å². The minimum absolute atomic E-state index is 0.661. The predicted octanol–water partition coefficient (Wildman–Crippen LogP) is 6.46. The van der Waals surface area contributed by atoms with Crippen LogP contribution < -0.4 is 0 Å². The maximum absolute atomic E-state index is 10.4. The van der Waals surface area contributed by atoms with Crippen molar-refractivity contribution in [1.29, 1.82) is 0 Å². The maximum atomic E-state index is 10.4. The number of rotatable bonds is 3. The number of hydrogen-bond donors (Lipinski definition) is 0. The van der Waals surface area contributed by atoms with Crippen LogP contribution in [0, 0.1) is 13.8 Å². The average Bonchev–Trinajstić information content (AvgIpc) is 3.38. The Hall–Kier alpha value is -3.06. The Bertz CT molecular complexity index is 1050. The van der Waals surface area contributed by atoms with Crippen LogP contribution in [0.15, 0.2) is 74.2 Å². The minimum atomic E-state index is -1.00. The van der Waals surface area contributed by atoms with Gasteiger partial charge in [-0.1, -0.05) is 62.6 Å². The quantitative estimate of drug-likeness (QED) is 0.328. The van der Waals surface area contributed by atoms with Crippen LogP contribution in [0.4, 0.5) is 4.39 Å². The lowest BCUT2D eigenvalue weighted by Crippen LogP contribution is -1.80. The second-order valence-electron chi connectivity index (χ2n) is 5.89. The van der Waals surface area contributed by atoms with Crippen LogP contribution in [-0.2, 0) is 0 Å². The molecule has 2 aromatic carbocycles. The van der Waals surface area contributed by atoms with Crippen molar-refractivity contribution in [2.24, 2.45) is 0 Å². The van der Waals surface area contributed by atoms with Gasteiger partial charge in [-0.05, 0) is 26.0 Å². The Balaban J connectivity index is 0.000000190. The van der Waals surface area contributed by atoms with Gasteiger partial charge in [0.15, 0.2) is 0 Å². The van der Waals surface area contributed by atoms with Gasteiger partial charge in [-0.3, -0.25) is 9.18 Å². The van der Waals surface area contributed by atoms with Crippen LogP contribution in [0.25, 0.3) is 22.5 Å². The van der Waals surface area contributed by atoms with E-state index >= 15 is 0 Å². The third-order valence-corrected chi connectivity index (χ3v) is 4.27. The second-order valence-corrected chi connectivity index (χ2v) is 6.81. The fourth-order valence-corrected chi connectivity index (χ4v) is 2.62. The minimum Gasteiger partial charge on any atom is -0.361 e. The molecule has 0 N–H and O–H groups in total. The van der Waals surface area contributed by atoms with Gasteiger partial charge in [-0.15, -0.1) is 0 Å². The number of carbonyl (C=O) groups is 1. The molecule has 4 rings (SSSR count). The van der Waals surface area contributed by atoms with Crippen molar-refractivity contribution in [3.63, 3.8) is 0 Å². The van der Waals surface area contributed by atoms with Gasteiger partial charge in [0.25, 0.3) is 0 Å². The molecule has 0 fully saturated rings. The molecule has 0 aliphatic heterocycles. The normalized spacial score (nSPS) is 10.1. The van der Waals surface area contributed by atoms with Crippen molar-refractivity contribution >= 4 is 22.2 Å². The molecule has 0 aliphatic carbocycles. The molecular formula is C22H20BrFN2O3. The zero-order chi connectivity index (χ0) is 21.9. The molecule has 0 atom stereocenters. The molecule has 0 unspecified atom stereocenters. The summed E-state index contributed by atoms with van der Waals surface area (Å²) in [6.45, 7) is 3.73. The Morgan fingerprint density at radius 3 is 1.66 bits per heavy atom. The molecule has 2 aromatic heterocycles. The summed E-state index contributed by atoms with van der Waals surface area (Å²) >= 11 is 3.38. The second kappa shape index (κ2) is 11.1. The molecule has 4 aromatic rings. The van der Waals surface area contributed by atoms with Gasteiger partial charge in [-0.2, -0.15) is 0 Å². The van der Waals surface area contributed by atoms with Gasteiger partial charge in [-0.25, -0.2) is 0 Å². The number of aldehydes is 1. The van der Waals surface area contributed by atoms with Gasteiger partial charge in [0.05, 0.1) is 8.52 Å². The zero-order valence-corrected chi connectivity index (χ0v) is 17.5. The number of nitrogens with zero attached hydrogens (tertiary/aromatic N) is 2. The SMILES string of the molecule is Cc1cc(-c2ccc(Br)cc2)no1.Cc1cc(-c2ccc(C=O)cc2)no1.[2H]CF. The van der Waals surface area contributed by atoms with Crippen LogP contribution in [0.3, 0.4) is 0 Å². The molecule has 5 nitrogen and oxygen atoms in total. The van der Waals surface area contributed by atoms with Gasteiger partial charge in [0.2, 0.25) is 0 Å². The van der Waals surface area contributed by atoms with E-state index in [0.29, 0.717) is 5.56 Å². The van der Waals surface area contributed by atoms with Crippen LogP contribution in [0.5, 0.6) is 0 Å². The van der Waals surface area contributed by atoms with E-state index in [1.807, 2.05) is 62.4 Å². The summed E-state index contributed by atoms with van der Waals surface area (Å²) in [7, 11) is -1.00. The number of alkyl halides is 1. The van der Waals surface area contributed by atoms with Gasteiger partial charge in [0.1, 0.15) is 29.2 Å². The number of halogens is 2. The van der Waals surface area contributed by atoms with Crippen LogP contribution in [-0.4, -0.2) is 23.8 Å². The number of hydrogen-bond acceptors (Lipinski definition) is 5.